The molecule has 124 valence electrons. The van der Waals surface area contributed by atoms with E-state index in [9.17, 15) is 5.26 Å². The van der Waals surface area contributed by atoms with Gasteiger partial charge in [-0.1, -0.05) is 17.7 Å². The number of methoxy groups -OCH3 is 1. The summed E-state index contributed by atoms with van der Waals surface area (Å²) >= 11 is 1.45. The quantitative estimate of drug-likeness (QED) is 0.652. The summed E-state index contributed by atoms with van der Waals surface area (Å²) in [6, 6.07) is 17.9. The molecule has 4 nitrogen and oxygen atoms in total. The Balaban J connectivity index is 1.79. The molecule has 0 bridgehead atoms. The number of aromatic nitrogens is 1. The molecular formula is C20H17N3OS. The number of rotatable bonds is 5. The monoisotopic (exact) mass is 347 g/mol. The van der Waals surface area contributed by atoms with Gasteiger partial charge in [0.2, 0.25) is 0 Å². The van der Waals surface area contributed by atoms with Crippen LogP contribution in [0.25, 0.3) is 16.8 Å². The Kier molecular flexibility index (Phi) is 5.12. The maximum atomic E-state index is 9.44. The summed E-state index contributed by atoms with van der Waals surface area (Å²) in [6.07, 6.45) is 1.70. The van der Waals surface area contributed by atoms with Crippen molar-refractivity contribution < 1.29 is 4.74 Å². The van der Waals surface area contributed by atoms with E-state index in [2.05, 4.69) is 16.4 Å². The largest absolute Gasteiger partial charge is 0.497 e. The van der Waals surface area contributed by atoms with E-state index in [1.54, 1.807) is 13.3 Å². The zero-order valence-electron chi connectivity index (χ0n) is 14.0. The second-order valence-corrected chi connectivity index (χ2v) is 6.30. The highest BCUT2D eigenvalue weighted by Crippen LogP contribution is 2.27. The number of allylic oxidation sites excluding steroid dienone is 1. The van der Waals surface area contributed by atoms with Crippen molar-refractivity contribution in [3.63, 3.8) is 0 Å². The molecule has 0 saturated carbocycles. The maximum absolute atomic E-state index is 9.44. The number of benzene rings is 2. The number of thiazole rings is 1. The van der Waals surface area contributed by atoms with Crippen molar-refractivity contribution in [3.8, 4) is 23.1 Å². The highest BCUT2D eigenvalue weighted by Gasteiger charge is 2.09. The first-order valence-corrected chi connectivity index (χ1v) is 8.61. The van der Waals surface area contributed by atoms with Crippen LogP contribution in [0, 0.1) is 18.3 Å². The Bertz CT molecular complexity index is 919. The minimum absolute atomic E-state index is 0.505. The van der Waals surface area contributed by atoms with Crippen LogP contribution < -0.4 is 10.1 Å². The molecule has 1 aromatic heterocycles. The molecule has 0 unspecified atom stereocenters. The lowest BCUT2D eigenvalue weighted by atomic mass is 10.2. The van der Waals surface area contributed by atoms with E-state index in [1.807, 2.05) is 60.8 Å². The van der Waals surface area contributed by atoms with Crippen LogP contribution in [0.15, 0.2) is 60.1 Å². The molecule has 0 aliphatic heterocycles. The highest BCUT2D eigenvalue weighted by atomic mass is 32.1. The standard InChI is InChI=1S/C20H17N3OS/c1-14-3-7-17(8-4-14)22-12-16(11-21)20-23-19(13-25-20)15-5-9-18(24-2)10-6-15/h3-10,12-13,22H,1-2H3/b16-12-. The molecule has 0 radical (unpaired) electrons. The first-order chi connectivity index (χ1) is 12.2. The number of hydrogen-bond acceptors (Lipinski definition) is 5. The summed E-state index contributed by atoms with van der Waals surface area (Å²) in [5.74, 6) is 0.805. The van der Waals surface area contributed by atoms with Gasteiger partial charge < -0.3 is 10.1 Å². The topological polar surface area (TPSA) is 57.9 Å². The van der Waals surface area contributed by atoms with Crippen LogP contribution in [0.4, 0.5) is 5.69 Å². The Morgan fingerprint density at radius 1 is 1.16 bits per heavy atom. The molecular weight excluding hydrogens is 330 g/mol. The van der Waals surface area contributed by atoms with E-state index in [0.717, 1.165) is 22.7 Å². The lowest BCUT2D eigenvalue weighted by Gasteiger charge is -2.02. The van der Waals surface area contributed by atoms with Crippen LogP contribution in [-0.4, -0.2) is 12.1 Å². The van der Waals surface area contributed by atoms with E-state index >= 15 is 0 Å². The minimum atomic E-state index is 0.505. The van der Waals surface area contributed by atoms with Crippen LogP contribution >= 0.6 is 11.3 Å². The third kappa shape index (κ3) is 4.06. The van der Waals surface area contributed by atoms with Crippen LogP contribution in [0.5, 0.6) is 5.75 Å². The molecule has 0 amide bonds. The average molecular weight is 347 g/mol. The number of nitrogens with zero attached hydrogens (tertiary/aromatic N) is 2. The molecule has 1 N–H and O–H groups in total. The van der Waals surface area contributed by atoms with E-state index in [1.165, 1.54) is 16.9 Å². The fourth-order valence-electron chi connectivity index (χ4n) is 2.24. The minimum Gasteiger partial charge on any atom is -0.497 e. The second kappa shape index (κ2) is 7.65. The third-order valence-corrected chi connectivity index (χ3v) is 4.55. The van der Waals surface area contributed by atoms with Crippen molar-refractivity contribution in [1.82, 2.24) is 4.98 Å². The van der Waals surface area contributed by atoms with Gasteiger partial charge in [-0.05, 0) is 43.3 Å². The molecule has 0 aliphatic carbocycles. The number of aryl methyl sites for hydroxylation is 1. The van der Waals surface area contributed by atoms with E-state index in [-0.39, 0.29) is 0 Å². The Morgan fingerprint density at radius 2 is 1.88 bits per heavy atom. The molecule has 3 aromatic rings. The number of ether oxygens (including phenoxy) is 1. The van der Waals surface area contributed by atoms with Gasteiger partial charge in [0.25, 0.3) is 0 Å². The van der Waals surface area contributed by atoms with Crippen molar-refractivity contribution in [2.75, 3.05) is 12.4 Å². The van der Waals surface area contributed by atoms with E-state index < -0.39 is 0 Å². The van der Waals surface area contributed by atoms with Gasteiger partial charge in [-0.2, -0.15) is 5.26 Å². The van der Waals surface area contributed by atoms with Gasteiger partial charge in [0.05, 0.1) is 12.8 Å². The molecule has 2 aromatic carbocycles. The maximum Gasteiger partial charge on any atom is 0.136 e. The summed E-state index contributed by atoms with van der Waals surface area (Å²) in [5.41, 5.74) is 4.47. The molecule has 0 fully saturated rings. The SMILES string of the molecule is COc1ccc(-c2csc(/C(C#N)=C\Nc3ccc(C)cc3)n2)cc1. The second-order valence-electron chi connectivity index (χ2n) is 5.45. The summed E-state index contributed by atoms with van der Waals surface area (Å²) in [6.45, 7) is 2.04. The fraction of sp³-hybridized carbons (Fsp3) is 0.100. The number of nitriles is 1. The van der Waals surface area contributed by atoms with Crippen molar-refractivity contribution in [1.29, 1.82) is 5.26 Å². The lowest BCUT2D eigenvalue weighted by Crippen LogP contribution is -1.91. The van der Waals surface area contributed by atoms with Crippen LogP contribution in [0.1, 0.15) is 10.6 Å². The molecule has 0 spiro atoms. The predicted octanol–water partition coefficient (Wildman–Crippen LogP) is 5.10. The summed E-state index contributed by atoms with van der Waals surface area (Å²) in [4.78, 5) is 4.58. The van der Waals surface area contributed by atoms with Gasteiger partial charge in [0, 0.05) is 22.8 Å². The summed E-state index contributed by atoms with van der Waals surface area (Å²) in [7, 11) is 1.64. The molecule has 0 aliphatic rings. The lowest BCUT2D eigenvalue weighted by molar-refractivity contribution is 0.415. The van der Waals surface area contributed by atoms with Gasteiger partial charge in [0.1, 0.15) is 22.4 Å². The first kappa shape index (κ1) is 16.7. The van der Waals surface area contributed by atoms with Crippen LogP contribution in [0.2, 0.25) is 0 Å². The number of nitrogens with one attached hydrogen (secondary N) is 1. The Morgan fingerprint density at radius 3 is 2.52 bits per heavy atom. The van der Waals surface area contributed by atoms with Crippen LogP contribution in [0.3, 0.4) is 0 Å². The van der Waals surface area contributed by atoms with Gasteiger partial charge in [-0.15, -0.1) is 11.3 Å². The normalized spacial score (nSPS) is 11.0. The highest BCUT2D eigenvalue weighted by molar-refractivity contribution is 7.11. The van der Waals surface area contributed by atoms with Gasteiger partial charge >= 0.3 is 0 Å². The molecule has 0 saturated heterocycles. The molecule has 5 heteroatoms. The summed E-state index contributed by atoms with van der Waals surface area (Å²) in [5, 5.41) is 15.2. The molecule has 25 heavy (non-hydrogen) atoms. The zero-order valence-corrected chi connectivity index (χ0v) is 14.8. The van der Waals surface area contributed by atoms with Gasteiger partial charge in [-0.3, -0.25) is 0 Å². The van der Waals surface area contributed by atoms with Crippen molar-refractivity contribution in [3.05, 3.63) is 70.7 Å². The average Bonchev–Trinajstić information content (AvgIpc) is 3.14. The van der Waals surface area contributed by atoms with E-state index in [4.69, 9.17) is 4.74 Å². The molecule has 3 rings (SSSR count). The smallest absolute Gasteiger partial charge is 0.136 e. The van der Waals surface area contributed by atoms with Gasteiger partial charge in [-0.25, -0.2) is 4.98 Å². The Labute approximate surface area is 151 Å². The zero-order chi connectivity index (χ0) is 17.6. The van der Waals surface area contributed by atoms with Crippen LogP contribution in [-0.2, 0) is 0 Å². The predicted molar refractivity (Wildman–Crippen MR) is 102 cm³/mol. The van der Waals surface area contributed by atoms with E-state index in [0.29, 0.717) is 10.6 Å². The van der Waals surface area contributed by atoms with Gasteiger partial charge in [0.15, 0.2) is 0 Å². The van der Waals surface area contributed by atoms with Crippen molar-refractivity contribution in [2.45, 2.75) is 6.92 Å². The van der Waals surface area contributed by atoms with Crippen molar-refractivity contribution >= 4 is 22.6 Å². The fourth-order valence-corrected chi connectivity index (χ4v) is 3.03. The summed E-state index contributed by atoms with van der Waals surface area (Å²) < 4.78 is 5.17. The third-order valence-electron chi connectivity index (χ3n) is 3.68. The molecule has 0 atom stereocenters. The van der Waals surface area contributed by atoms with Crippen molar-refractivity contribution in [2.24, 2.45) is 0 Å². The first-order valence-electron chi connectivity index (χ1n) is 7.73. The molecule has 1 heterocycles. The number of hydrogen-bond donors (Lipinski definition) is 1. The Hall–Kier alpha value is -3.10. The number of anilines is 1.